The molecule has 2 heterocycles. The first-order valence-electron chi connectivity index (χ1n) is 7.78. The number of rotatable bonds is 4. The molecule has 3 aromatic rings. The van der Waals surface area contributed by atoms with E-state index in [4.69, 9.17) is 4.74 Å². The fraction of sp³-hybridized carbons (Fsp3) is 0.250. The van der Waals surface area contributed by atoms with Crippen molar-refractivity contribution in [3.63, 3.8) is 0 Å². The molecule has 1 N–H and O–H groups in total. The van der Waals surface area contributed by atoms with E-state index in [1.807, 2.05) is 0 Å². The highest BCUT2D eigenvalue weighted by Crippen LogP contribution is 2.33. The third-order valence-electron chi connectivity index (χ3n) is 4.29. The van der Waals surface area contributed by atoms with Crippen LogP contribution >= 0.6 is 27.3 Å². The average Bonchev–Trinajstić information content (AvgIpc) is 3.27. The smallest absolute Gasteiger partial charge is 0.286 e. The van der Waals surface area contributed by atoms with Gasteiger partial charge < -0.3 is 4.74 Å². The second-order valence-corrected chi connectivity index (χ2v) is 9.96. The molecule has 1 aliphatic rings. The molecular formula is C16H14BrN3O4S2. The summed E-state index contributed by atoms with van der Waals surface area (Å²) in [7, 11) is -2.68. The largest absolute Gasteiger partial charge is 0.495 e. The minimum atomic E-state index is -4.09. The molecule has 1 amide bonds. The number of halogens is 1. The third kappa shape index (κ3) is 2.91. The number of ether oxygens (including phenoxy) is 1. The highest BCUT2D eigenvalue weighted by atomic mass is 79.9. The Bertz CT molecular complexity index is 1130. The van der Waals surface area contributed by atoms with E-state index in [9.17, 15) is 13.2 Å². The molecule has 7 nitrogen and oxygen atoms in total. The molecular weight excluding hydrogens is 442 g/mol. The van der Waals surface area contributed by atoms with E-state index in [1.54, 1.807) is 22.7 Å². The molecule has 0 unspecified atom stereocenters. The number of aromatic nitrogens is 2. The predicted octanol–water partition coefficient (Wildman–Crippen LogP) is 2.77. The molecule has 0 saturated heterocycles. The number of nitrogens with zero attached hydrogens (tertiary/aromatic N) is 2. The van der Waals surface area contributed by atoms with Crippen molar-refractivity contribution in [1.82, 2.24) is 14.1 Å². The SMILES string of the molecule is COc1cc2c(cc1S(=O)(=O)NC(=O)c1ncn3cc(Br)sc13)CCC2. The maximum atomic E-state index is 12.8. The Morgan fingerprint density at radius 3 is 2.81 bits per heavy atom. The van der Waals surface area contributed by atoms with Crippen molar-refractivity contribution >= 4 is 48.0 Å². The molecule has 0 bridgehead atoms. The van der Waals surface area contributed by atoms with Crippen molar-refractivity contribution < 1.29 is 17.9 Å². The van der Waals surface area contributed by atoms with Gasteiger partial charge in [-0.15, -0.1) is 11.3 Å². The van der Waals surface area contributed by atoms with E-state index in [1.165, 1.54) is 24.8 Å². The van der Waals surface area contributed by atoms with Gasteiger partial charge in [0.2, 0.25) is 0 Å². The number of amides is 1. The molecule has 2 aromatic heterocycles. The van der Waals surface area contributed by atoms with Crippen molar-refractivity contribution in [3.8, 4) is 5.75 Å². The van der Waals surface area contributed by atoms with Gasteiger partial charge in [0.25, 0.3) is 15.9 Å². The van der Waals surface area contributed by atoms with E-state index in [0.29, 0.717) is 4.83 Å². The molecule has 0 saturated carbocycles. The molecule has 10 heteroatoms. The second kappa shape index (κ2) is 6.36. The van der Waals surface area contributed by atoms with E-state index >= 15 is 0 Å². The van der Waals surface area contributed by atoms with Crippen LogP contribution in [0.4, 0.5) is 0 Å². The number of aryl methyl sites for hydroxylation is 2. The number of hydrogen-bond donors (Lipinski definition) is 1. The molecule has 0 atom stereocenters. The van der Waals surface area contributed by atoms with Gasteiger partial charge in [0, 0.05) is 6.20 Å². The maximum absolute atomic E-state index is 12.8. The number of fused-ring (bicyclic) bond motifs is 2. The Hall–Kier alpha value is -1.91. The van der Waals surface area contributed by atoms with Gasteiger partial charge in [-0.25, -0.2) is 18.1 Å². The standard InChI is InChI=1S/C16H14BrN3O4S2/c1-24-11-5-9-3-2-4-10(9)6-12(11)26(22,23)19-15(21)14-16-20(8-18-14)7-13(17)25-16/h5-8H,2-4H2,1H3,(H,19,21). The van der Waals surface area contributed by atoms with Crippen LogP contribution < -0.4 is 9.46 Å². The fourth-order valence-corrected chi connectivity index (χ4v) is 5.73. The quantitative estimate of drug-likeness (QED) is 0.652. The third-order valence-corrected chi connectivity index (χ3v) is 7.23. The Morgan fingerprint density at radius 1 is 1.35 bits per heavy atom. The van der Waals surface area contributed by atoms with Gasteiger partial charge in [-0.2, -0.15) is 0 Å². The molecule has 0 fully saturated rings. The molecule has 1 aliphatic carbocycles. The summed E-state index contributed by atoms with van der Waals surface area (Å²) in [5, 5.41) is 0. The molecule has 0 spiro atoms. The first-order chi connectivity index (χ1) is 12.4. The summed E-state index contributed by atoms with van der Waals surface area (Å²) in [4.78, 5) is 17.1. The lowest BCUT2D eigenvalue weighted by atomic mass is 10.1. The van der Waals surface area contributed by atoms with Crippen molar-refractivity contribution in [2.45, 2.75) is 24.2 Å². The van der Waals surface area contributed by atoms with Crippen molar-refractivity contribution in [1.29, 1.82) is 0 Å². The van der Waals surface area contributed by atoms with Crippen LogP contribution in [0.1, 0.15) is 28.0 Å². The highest BCUT2D eigenvalue weighted by Gasteiger charge is 2.27. The predicted molar refractivity (Wildman–Crippen MR) is 100 cm³/mol. The van der Waals surface area contributed by atoms with Gasteiger partial charge in [0.05, 0.1) is 10.9 Å². The molecule has 0 radical (unpaired) electrons. The van der Waals surface area contributed by atoms with Crippen LogP contribution in [-0.2, 0) is 22.9 Å². The second-order valence-electron chi connectivity index (χ2n) is 5.90. The number of methoxy groups -OCH3 is 1. The fourth-order valence-electron chi connectivity index (χ4n) is 3.10. The summed E-state index contributed by atoms with van der Waals surface area (Å²) in [5.41, 5.74) is 2.13. The van der Waals surface area contributed by atoms with Gasteiger partial charge >= 0.3 is 0 Å². The minimum Gasteiger partial charge on any atom is -0.495 e. The highest BCUT2D eigenvalue weighted by molar-refractivity contribution is 9.11. The molecule has 1 aromatic carbocycles. The zero-order valence-corrected chi connectivity index (χ0v) is 16.9. The Kier molecular flexibility index (Phi) is 4.28. The number of sulfonamides is 1. The molecule has 4 rings (SSSR count). The maximum Gasteiger partial charge on any atom is 0.286 e. The van der Waals surface area contributed by atoms with E-state index < -0.39 is 15.9 Å². The summed E-state index contributed by atoms with van der Waals surface area (Å²) in [6, 6.07) is 3.34. The summed E-state index contributed by atoms with van der Waals surface area (Å²) in [6.07, 6.45) is 5.92. The van der Waals surface area contributed by atoms with Crippen LogP contribution in [0.5, 0.6) is 5.75 Å². The van der Waals surface area contributed by atoms with Crippen LogP contribution in [0.15, 0.2) is 33.3 Å². The normalized spacial score (nSPS) is 13.8. The number of imidazole rings is 1. The van der Waals surface area contributed by atoms with Crippen LogP contribution in [0.25, 0.3) is 4.83 Å². The number of benzene rings is 1. The summed E-state index contributed by atoms with van der Waals surface area (Å²) in [5.74, 6) is -0.538. The number of carbonyl (C=O) groups excluding carboxylic acids is 1. The first kappa shape index (κ1) is 17.5. The van der Waals surface area contributed by atoms with E-state index in [-0.39, 0.29) is 16.3 Å². The van der Waals surface area contributed by atoms with Gasteiger partial charge in [0.15, 0.2) is 5.69 Å². The van der Waals surface area contributed by atoms with Crippen LogP contribution in [0.3, 0.4) is 0 Å². The van der Waals surface area contributed by atoms with Gasteiger partial charge in [-0.05, 0) is 58.5 Å². The number of hydrogen-bond acceptors (Lipinski definition) is 6. The Morgan fingerprint density at radius 2 is 2.08 bits per heavy atom. The Balaban J connectivity index is 1.70. The number of thiazole rings is 1. The lowest BCUT2D eigenvalue weighted by Gasteiger charge is -2.12. The molecule has 136 valence electrons. The zero-order valence-electron chi connectivity index (χ0n) is 13.7. The summed E-state index contributed by atoms with van der Waals surface area (Å²) < 4.78 is 35.4. The zero-order chi connectivity index (χ0) is 18.5. The average molecular weight is 456 g/mol. The van der Waals surface area contributed by atoms with Gasteiger partial charge in [-0.3, -0.25) is 9.20 Å². The first-order valence-corrected chi connectivity index (χ1v) is 10.9. The van der Waals surface area contributed by atoms with E-state index in [2.05, 4.69) is 25.6 Å². The lowest BCUT2D eigenvalue weighted by molar-refractivity contribution is 0.0979. The number of carbonyl (C=O) groups is 1. The minimum absolute atomic E-state index is 0.0307. The van der Waals surface area contributed by atoms with Crippen LogP contribution in [0, 0.1) is 0 Å². The monoisotopic (exact) mass is 455 g/mol. The lowest BCUT2D eigenvalue weighted by Crippen LogP contribution is -2.31. The van der Waals surface area contributed by atoms with Crippen molar-refractivity contribution in [3.05, 3.63) is 45.3 Å². The number of nitrogens with one attached hydrogen (secondary N) is 1. The van der Waals surface area contributed by atoms with Crippen molar-refractivity contribution in [2.75, 3.05) is 7.11 Å². The van der Waals surface area contributed by atoms with Gasteiger partial charge in [0.1, 0.15) is 21.8 Å². The molecule has 0 aliphatic heterocycles. The topological polar surface area (TPSA) is 89.8 Å². The molecule has 26 heavy (non-hydrogen) atoms. The van der Waals surface area contributed by atoms with Gasteiger partial charge in [-0.1, -0.05) is 0 Å². The van der Waals surface area contributed by atoms with Crippen LogP contribution in [0.2, 0.25) is 0 Å². The summed E-state index contributed by atoms with van der Waals surface area (Å²) in [6.45, 7) is 0. The van der Waals surface area contributed by atoms with E-state index in [0.717, 1.165) is 34.2 Å². The Labute approximate surface area is 162 Å². The summed E-state index contributed by atoms with van der Waals surface area (Å²) >= 11 is 4.63. The van der Waals surface area contributed by atoms with Crippen LogP contribution in [-0.4, -0.2) is 30.8 Å². The van der Waals surface area contributed by atoms with Crippen molar-refractivity contribution in [2.24, 2.45) is 0 Å².